The fourth-order valence-electron chi connectivity index (χ4n) is 3.89. The van der Waals surface area contributed by atoms with E-state index in [1.54, 1.807) is 0 Å². The Kier molecular flexibility index (Phi) is 6.49. The number of ether oxygens (including phenoxy) is 1. The fraction of sp³-hybridized carbons (Fsp3) is 0.667. The van der Waals surface area contributed by atoms with Crippen molar-refractivity contribution in [2.24, 2.45) is 5.92 Å². The maximum absolute atomic E-state index is 12.1. The van der Waals surface area contributed by atoms with Gasteiger partial charge in [-0.1, -0.05) is 44.2 Å². The highest BCUT2D eigenvalue weighted by atomic mass is 16.5. The first kappa shape index (κ1) is 18.4. The molecule has 0 radical (unpaired) electrons. The lowest BCUT2D eigenvalue weighted by Gasteiger charge is -2.37. The summed E-state index contributed by atoms with van der Waals surface area (Å²) in [6.45, 7) is 8.95. The summed E-state index contributed by atoms with van der Waals surface area (Å²) in [6.07, 6.45) is 4.95. The monoisotopic (exact) mass is 344 g/mol. The number of hydrogen-bond donors (Lipinski definition) is 0. The molecule has 3 rings (SSSR count). The smallest absolute Gasteiger partial charge is 0.225 e. The van der Waals surface area contributed by atoms with Crippen molar-refractivity contribution in [3.63, 3.8) is 0 Å². The van der Waals surface area contributed by atoms with Crippen molar-refractivity contribution < 1.29 is 9.53 Å². The minimum Gasteiger partial charge on any atom is -0.375 e. The van der Waals surface area contributed by atoms with Gasteiger partial charge in [0.2, 0.25) is 5.91 Å². The maximum atomic E-state index is 12.1. The van der Waals surface area contributed by atoms with Crippen LogP contribution >= 0.6 is 0 Å². The van der Waals surface area contributed by atoms with Gasteiger partial charge in [0.25, 0.3) is 0 Å². The second kappa shape index (κ2) is 8.81. The largest absolute Gasteiger partial charge is 0.375 e. The molecule has 1 aromatic carbocycles. The summed E-state index contributed by atoms with van der Waals surface area (Å²) in [5.74, 6) is 0.388. The standard InChI is InChI=1S/C21H32N2O2/c1-17(2)21(24)23-14-10-20(11-15-23)25-19-8-12-22(13-9-19)16-18-6-4-3-5-7-18/h3-7,17,19-20H,8-16H2,1-2H3. The molecular weight excluding hydrogens is 312 g/mol. The molecule has 0 aliphatic carbocycles. The molecule has 2 heterocycles. The predicted octanol–water partition coefficient (Wildman–Crippen LogP) is 3.31. The van der Waals surface area contributed by atoms with Gasteiger partial charge < -0.3 is 9.64 Å². The molecule has 4 heteroatoms. The van der Waals surface area contributed by atoms with Gasteiger partial charge in [0, 0.05) is 38.6 Å². The zero-order valence-corrected chi connectivity index (χ0v) is 15.7. The minimum absolute atomic E-state index is 0.103. The number of amides is 1. The fourth-order valence-corrected chi connectivity index (χ4v) is 3.89. The van der Waals surface area contributed by atoms with Crippen molar-refractivity contribution in [2.45, 2.75) is 58.3 Å². The Hall–Kier alpha value is -1.39. The van der Waals surface area contributed by atoms with E-state index in [1.165, 1.54) is 5.56 Å². The van der Waals surface area contributed by atoms with Crippen LogP contribution in [0, 0.1) is 5.92 Å². The molecule has 0 bridgehead atoms. The average molecular weight is 344 g/mol. The number of carbonyl (C=O) groups excluding carboxylic acids is 1. The van der Waals surface area contributed by atoms with E-state index in [1.807, 2.05) is 18.7 Å². The zero-order chi connectivity index (χ0) is 17.6. The number of benzene rings is 1. The molecule has 138 valence electrons. The molecule has 0 atom stereocenters. The van der Waals surface area contributed by atoms with Crippen LogP contribution < -0.4 is 0 Å². The molecule has 25 heavy (non-hydrogen) atoms. The normalized spacial score (nSPS) is 21.0. The molecule has 1 aromatic rings. The third-order valence-corrected chi connectivity index (χ3v) is 5.42. The molecule has 0 aromatic heterocycles. The van der Waals surface area contributed by atoms with Crippen molar-refractivity contribution >= 4 is 5.91 Å². The second-order valence-electron chi connectivity index (χ2n) is 7.78. The molecule has 1 amide bonds. The van der Waals surface area contributed by atoms with Gasteiger partial charge in [-0.15, -0.1) is 0 Å². The minimum atomic E-state index is 0.103. The third kappa shape index (κ3) is 5.29. The summed E-state index contributed by atoms with van der Waals surface area (Å²) >= 11 is 0. The Labute approximate surface area is 152 Å². The molecule has 0 saturated carbocycles. The second-order valence-corrected chi connectivity index (χ2v) is 7.78. The molecule has 2 aliphatic rings. The van der Waals surface area contributed by atoms with Crippen LogP contribution in [0.1, 0.15) is 45.1 Å². The van der Waals surface area contributed by atoms with Gasteiger partial charge in [-0.05, 0) is 31.2 Å². The Balaban J connectivity index is 1.36. The van der Waals surface area contributed by atoms with Crippen LogP contribution in [0.2, 0.25) is 0 Å². The zero-order valence-electron chi connectivity index (χ0n) is 15.7. The van der Waals surface area contributed by atoms with Crippen LogP contribution in [-0.4, -0.2) is 54.1 Å². The Morgan fingerprint density at radius 1 is 1.00 bits per heavy atom. The van der Waals surface area contributed by atoms with Gasteiger partial charge in [0.15, 0.2) is 0 Å². The Bertz CT molecular complexity index is 530. The van der Waals surface area contributed by atoms with Gasteiger partial charge in [0.1, 0.15) is 0 Å². The highest BCUT2D eigenvalue weighted by Gasteiger charge is 2.28. The van der Waals surface area contributed by atoms with Crippen molar-refractivity contribution in [3.05, 3.63) is 35.9 Å². The molecule has 0 unspecified atom stereocenters. The van der Waals surface area contributed by atoms with E-state index in [0.717, 1.165) is 58.4 Å². The molecule has 0 spiro atoms. The van der Waals surface area contributed by atoms with Crippen molar-refractivity contribution in [1.29, 1.82) is 0 Å². The summed E-state index contributed by atoms with van der Waals surface area (Å²) in [6, 6.07) is 10.7. The Morgan fingerprint density at radius 2 is 1.56 bits per heavy atom. The molecule has 2 aliphatic heterocycles. The summed E-state index contributed by atoms with van der Waals surface area (Å²) < 4.78 is 6.35. The first-order chi connectivity index (χ1) is 12.1. The van der Waals surface area contributed by atoms with E-state index in [-0.39, 0.29) is 11.8 Å². The van der Waals surface area contributed by atoms with Crippen molar-refractivity contribution in [1.82, 2.24) is 9.80 Å². The van der Waals surface area contributed by atoms with E-state index >= 15 is 0 Å². The summed E-state index contributed by atoms with van der Waals surface area (Å²) in [7, 11) is 0. The number of nitrogens with zero attached hydrogens (tertiary/aromatic N) is 2. The highest BCUT2D eigenvalue weighted by Crippen LogP contribution is 2.22. The van der Waals surface area contributed by atoms with Crippen LogP contribution in [0.25, 0.3) is 0 Å². The average Bonchev–Trinajstić information content (AvgIpc) is 2.64. The summed E-state index contributed by atoms with van der Waals surface area (Å²) in [4.78, 5) is 16.6. The van der Waals surface area contributed by atoms with Crippen LogP contribution in [0.5, 0.6) is 0 Å². The van der Waals surface area contributed by atoms with Crippen LogP contribution in [0.4, 0.5) is 0 Å². The summed E-state index contributed by atoms with van der Waals surface area (Å²) in [5.41, 5.74) is 1.39. The maximum Gasteiger partial charge on any atom is 0.225 e. The third-order valence-electron chi connectivity index (χ3n) is 5.42. The molecular formula is C21H32N2O2. The Morgan fingerprint density at radius 3 is 2.12 bits per heavy atom. The number of rotatable bonds is 5. The lowest BCUT2D eigenvalue weighted by Crippen LogP contribution is -2.44. The first-order valence-electron chi connectivity index (χ1n) is 9.82. The topological polar surface area (TPSA) is 32.8 Å². The highest BCUT2D eigenvalue weighted by molar-refractivity contribution is 5.78. The number of hydrogen-bond acceptors (Lipinski definition) is 3. The van der Waals surface area contributed by atoms with Gasteiger partial charge in [0.05, 0.1) is 12.2 Å². The molecule has 2 saturated heterocycles. The quantitative estimate of drug-likeness (QED) is 0.821. The van der Waals surface area contributed by atoms with E-state index in [4.69, 9.17) is 4.74 Å². The van der Waals surface area contributed by atoms with E-state index in [9.17, 15) is 4.79 Å². The van der Waals surface area contributed by atoms with Crippen LogP contribution in [0.3, 0.4) is 0 Å². The van der Waals surface area contributed by atoms with Gasteiger partial charge >= 0.3 is 0 Å². The number of piperidine rings is 2. The summed E-state index contributed by atoms with van der Waals surface area (Å²) in [5, 5.41) is 0. The van der Waals surface area contributed by atoms with Crippen molar-refractivity contribution in [2.75, 3.05) is 26.2 Å². The van der Waals surface area contributed by atoms with Gasteiger partial charge in [-0.2, -0.15) is 0 Å². The van der Waals surface area contributed by atoms with Crippen LogP contribution in [-0.2, 0) is 16.1 Å². The number of carbonyl (C=O) groups is 1. The lowest BCUT2D eigenvalue weighted by molar-refractivity contribution is -0.138. The molecule has 0 N–H and O–H groups in total. The first-order valence-corrected chi connectivity index (χ1v) is 9.82. The van der Waals surface area contributed by atoms with Crippen molar-refractivity contribution in [3.8, 4) is 0 Å². The molecule has 4 nitrogen and oxygen atoms in total. The van der Waals surface area contributed by atoms with E-state index < -0.39 is 0 Å². The van der Waals surface area contributed by atoms with Gasteiger partial charge in [-0.3, -0.25) is 9.69 Å². The predicted molar refractivity (Wildman–Crippen MR) is 100 cm³/mol. The van der Waals surface area contributed by atoms with E-state index in [2.05, 4.69) is 35.2 Å². The molecule has 2 fully saturated rings. The lowest BCUT2D eigenvalue weighted by atomic mass is 10.0. The number of likely N-dealkylation sites (tertiary alicyclic amines) is 2. The van der Waals surface area contributed by atoms with E-state index in [0.29, 0.717) is 12.2 Å². The SMILES string of the molecule is CC(C)C(=O)N1CCC(OC2CCN(Cc3ccccc3)CC2)CC1. The van der Waals surface area contributed by atoms with Crippen LogP contribution in [0.15, 0.2) is 30.3 Å². The van der Waals surface area contributed by atoms with Gasteiger partial charge in [-0.25, -0.2) is 0 Å².